The number of hydrogen-bond donors (Lipinski definition) is 6. The zero-order valence-electron chi connectivity index (χ0n) is 28.1. The number of fused-ring (bicyclic) bond motifs is 3. The third-order valence-electron chi connectivity index (χ3n) is 9.34. The summed E-state index contributed by atoms with van der Waals surface area (Å²) >= 11 is 0. The second-order valence-corrected chi connectivity index (χ2v) is 12.5. The monoisotopic (exact) mass is 669 g/mol. The standard InChI is InChI=1S/C35H51N5O8/c1-44-28-16-22(17-29(45-2)34(28)42)31-23-18-26-27(48-21-47-26)19-24(23)33(25-20-46-35(43)32(25)31)40-30(41)8-5-12-39-15-7-14-38-11-4-3-10-37-13-6-9-36/h16-19,25,31-33,37-39,42H,3-15,20-21,36H2,1-2H3,(H,40,41)/t25-,31?,32-,33+/m0/s1. The second-order valence-electron chi connectivity index (χ2n) is 12.5. The molecule has 2 aliphatic heterocycles. The third kappa shape index (κ3) is 8.43. The number of carbonyl (C=O) groups is 2. The fourth-order valence-electron chi connectivity index (χ4n) is 6.90. The Bertz CT molecular complexity index is 1370. The molecule has 2 aromatic rings. The smallest absolute Gasteiger partial charge is 0.310 e. The van der Waals surface area contributed by atoms with Crippen molar-refractivity contribution in [3.8, 4) is 28.7 Å². The predicted octanol–water partition coefficient (Wildman–Crippen LogP) is 2.30. The van der Waals surface area contributed by atoms with E-state index >= 15 is 0 Å². The topological polar surface area (TPSA) is 175 Å². The van der Waals surface area contributed by atoms with Crippen molar-refractivity contribution >= 4 is 11.9 Å². The molecule has 2 heterocycles. The van der Waals surface area contributed by atoms with Gasteiger partial charge in [0.15, 0.2) is 23.0 Å². The zero-order chi connectivity index (χ0) is 33.9. The van der Waals surface area contributed by atoms with Gasteiger partial charge in [-0.1, -0.05) is 0 Å². The lowest BCUT2D eigenvalue weighted by Crippen LogP contribution is -2.43. The number of phenolic OH excluding ortho intramolecular Hbond substituents is 1. The summed E-state index contributed by atoms with van der Waals surface area (Å²) < 4.78 is 27.9. The Labute approximate surface area is 282 Å². The summed E-state index contributed by atoms with van der Waals surface area (Å²) in [5, 5.41) is 24.1. The van der Waals surface area contributed by atoms with Gasteiger partial charge in [0.25, 0.3) is 0 Å². The third-order valence-corrected chi connectivity index (χ3v) is 9.34. The second kappa shape index (κ2) is 17.6. The van der Waals surface area contributed by atoms with Crippen LogP contribution in [0.1, 0.15) is 67.2 Å². The van der Waals surface area contributed by atoms with Crippen LogP contribution in [0.25, 0.3) is 0 Å². The molecule has 264 valence electrons. The normalized spacial score (nSPS) is 20.6. The van der Waals surface area contributed by atoms with Gasteiger partial charge in [-0.2, -0.15) is 0 Å². The Kier molecular flexibility index (Phi) is 13.0. The van der Waals surface area contributed by atoms with E-state index in [1.807, 2.05) is 12.1 Å². The number of nitrogens with one attached hydrogen (secondary N) is 4. The maximum absolute atomic E-state index is 13.4. The molecule has 0 aromatic heterocycles. The molecule has 0 radical (unpaired) electrons. The van der Waals surface area contributed by atoms with E-state index in [9.17, 15) is 14.7 Å². The number of aromatic hydroxyl groups is 1. The van der Waals surface area contributed by atoms with Crippen LogP contribution in [0.3, 0.4) is 0 Å². The van der Waals surface area contributed by atoms with E-state index < -0.39 is 17.9 Å². The Morgan fingerprint density at radius 3 is 2.04 bits per heavy atom. The maximum atomic E-state index is 13.4. The lowest BCUT2D eigenvalue weighted by atomic mass is 9.65. The van der Waals surface area contributed by atoms with E-state index in [-0.39, 0.29) is 48.4 Å². The molecule has 0 saturated carbocycles. The van der Waals surface area contributed by atoms with Gasteiger partial charge in [0.2, 0.25) is 18.4 Å². The number of ether oxygens (including phenoxy) is 5. The Morgan fingerprint density at radius 1 is 0.833 bits per heavy atom. The number of unbranched alkanes of at least 4 members (excludes halogenated alkanes) is 1. The van der Waals surface area contributed by atoms with Gasteiger partial charge in [0.05, 0.1) is 32.8 Å². The average molecular weight is 670 g/mol. The minimum atomic E-state index is -0.588. The molecule has 13 nitrogen and oxygen atoms in total. The van der Waals surface area contributed by atoms with Crippen LogP contribution >= 0.6 is 0 Å². The fourth-order valence-corrected chi connectivity index (χ4v) is 6.90. The van der Waals surface area contributed by atoms with Gasteiger partial charge in [-0.05, 0) is 119 Å². The van der Waals surface area contributed by atoms with Crippen LogP contribution in [0.5, 0.6) is 28.7 Å². The molecule has 1 fully saturated rings. The van der Waals surface area contributed by atoms with Crippen molar-refractivity contribution in [3.63, 3.8) is 0 Å². The molecule has 13 heteroatoms. The van der Waals surface area contributed by atoms with E-state index in [2.05, 4.69) is 21.3 Å². The Balaban J connectivity index is 1.17. The van der Waals surface area contributed by atoms with Crippen molar-refractivity contribution in [1.82, 2.24) is 21.3 Å². The maximum Gasteiger partial charge on any atom is 0.310 e. The zero-order valence-corrected chi connectivity index (χ0v) is 28.1. The molecule has 1 amide bonds. The molecule has 48 heavy (non-hydrogen) atoms. The number of esters is 1. The minimum Gasteiger partial charge on any atom is -0.502 e. The largest absolute Gasteiger partial charge is 0.502 e. The van der Waals surface area contributed by atoms with Gasteiger partial charge in [0, 0.05) is 18.3 Å². The lowest BCUT2D eigenvalue weighted by molar-refractivity contribution is -0.141. The summed E-state index contributed by atoms with van der Waals surface area (Å²) in [6.07, 6.45) is 5.39. The van der Waals surface area contributed by atoms with E-state index in [1.54, 1.807) is 12.1 Å². The highest BCUT2D eigenvalue weighted by Gasteiger charge is 2.53. The van der Waals surface area contributed by atoms with Crippen molar-refractivity contribution in [2.45, 2.75) is 50.5 Å². The first kappa shape index (κ1) is 35.5. The molecule has 2 aromatic carbocycles. The lowest BCUT2D eigenvalue weighted by Gasteiger charge is -2.39. The van der Waals surface area contributed by atoms with Crippen LogP contribution in [0.15, 0.2) is 24.3 Å². The van der Waals surface area contributed by atoms with Gasteiger partial charge in [-0.15, -0.1) is 0 Å². The Morgan fingerprint density at radius 2 is 1.42 bits per heavy atom. The van der Waals surface area contributed by atoms with Crippen molar-refractivity contribution in [2.24, 2.45) is 17.6 Å². The highest BCUT2D eigenvalue weighted by atomic mass is 16.7. The molecule has 7 N–H and O–H groups in total. The minimum absolute atomic E-state index is 0.0888. The summed E-state index contributed by atoms with van der Waals surface area (Å²) in [5.74, 6) is -0.306. The molecule has 5 rings (SSSR count). The number of cyclic esters (lactones) is 1. The van der Waals surface area contributed by atoms with Crippen LogP contribution < -0.4 is 45.9 Å². The summed E-state index contributed by atoms with van der Waals surface area (Å²) in [5.41, 5.74) is 7.88. The number of rotatable bonds is 20. The average Bonchev–Trinajstić information content (AvgIpc) is 3.72. The number of methoxy groups -OCH3 is 2. The fraction of sp³-hybridized carbons (Fsp3) is 0.600. The molecular formula is C35H51N5O8. The molecule has 1 aliphatic carbocycles. The molecule has 3 aliphatic rings. The van der Waals surface area contributed by atoms with Gasteiger partial charge in [-0.25, -0.2) is 0 Å². The van der Waals surface area contributed by atoms with Gasteiger partial charge in [0.1, 0.15) is 0 Å². The van der Waals surface area contributed by atoms with Crippen LogP contribution in [-0.4, -0.2) is 90.4 Å². The van der Waals surface area contributed by atoms with E-state index in [4.69, 9.17) is 29.4 Å². The van der Waals surface area contributed by atoms with Crippen molar-refractivity contribution in [1.29, 1.82) is 0 Å². The number of phenols is 1. The molecule has 1 unspecified atom stereocenters. The first-order valence-electron chi connectivity index (χ1n) is 17.1. The summed E-state index contributed by atoms with van der Waals surface area (Å²) in [6.45, 7) is 6.62. The number of hydrogen-bond acceptors (Lipinski definition) is 12. The van der Waals surface area contributed by atoms with Crippen LogP contribution in [-0.2, 0) is 14.3 Å². The summed E-state index contributed by atoms with van der Waals surface area (Å²) in [6, 6.07) is 6.75. The predicted molar refractivity (Wildman–Crippen MR) is 180 cm³/mol. The van der Waals surface area contributed by atoms with Crippen molar-refractivity contribution < 1.29 is 38.4 Å². The molecular weight excluding hydrogens is 618 g/mol. The molecule has 0 bridgehead atoms. The summed E-state index contributed by atoms with van der Waals surface area (Å²) in [4.78, 5) is 26.7. The van der Waals surface area contributed by atoms with Crippen molar-refractivity contribution in [3.05, 3.63) is 41.0 Å². The SMILES string of the molecule is COc1cc(C2c3cc4c(cc3[C@@H](NC(=O)CCCNCCCNCCCCNCCCN)[C@H]3COC(=O)[C@H]23)OCO4)cc(OC)c1O. The van der Waals surface area contributed by atoms with Crippen LogP contribution in [0, 0.1) is 11.8 Å². The molecule has 1 saturated heterocycles. The van der Waals surface area contributed by atoms with Gasteiger partial charge < -0.3 is 55.8 Å². The van der Waals surface area contributed by atoms with E-state index in [0.717, 1.165) is 82.6 Å². The van der Waals surface area contributed by atoms with Gasteiger partial charge >= 0.3 is 5.97 Å². The van der Waals surface area contributed by atoms with E-state index in [0.29, 0.717) is 29.9 Å². The van der Waals surface area contributed by atoms with Gasteiger partial charge in [-0.3, -0.25) is 9.59 Å². The van der Waals surface area contributed by atoms with Crippen LogP contribution in [0.4, 0.5) is 0 Å². The first-order chi connectivity index (χ1) is 23.5. The van der Waals surface area contributed by atoms with E-state index in [1.165, 1.54) is 14.2 Å². The summed E-state index contributed by atoms with van der Waals surface area (Å²) in [7, 11) is 2.93. The molecule has 4 atom stereocenters. The highest BCUT2D eigenvalue weighted by Crippen LogP contribution is 2.55. The number of nitrogens with two attached hydrogens (primary N) is 1. The quantitative estimate of drug-likeness (QED) is 0.0898. The Hall–Kier alpha value is -3.78. The highest BCUT2D eigenvalue weighted by molar-refractivity contribution is 5.81. The number of amides is 1. The first-order valence-corrected chi connectivity index (χ1v) is 17.1. The van der Waals surface area contributed by atoms with Crippen molar-refractivity contribution in [2.75, 3.05) is 73.4 Å². The number of benzene rings is 2. The molecule has 0 spiro atoms. The van der Waals surface area contributed by atoms with Crippen LogP contribution in [0.2, 0.25) is 0 Å². The number of carbonyl (C=O) groups excluding carboxylic acids is 2.